The number of aliphatic hydroxyl groups excluding tert-OH is 1. The molecule has 0 saturated carbocycles. The number of benzene rings is 1. The van der Waals surface area contributed by atoms with Crippen LogP contribution < -0.4 is 0 Å². The fourth-order valence-electron chi connectivity index (χ4n) is 3.89. The van der Waals surface area contributed by atoms with Crippen LogP contribution in [0.25, 0.3) is 39.9 Å². The summed E-state index contributed by atoms with van der Waals surface area (Å²) in [5, 5.41) is 19.2. The Morgan fingerprint density at radius 1 is 1.22 bits per heavy atom. The second-order valence-corrected chi connectivity index (χ2v) is 11.6. The van der Waals surface area contributed by atoms with E-state index in [1.165, 1.54) is 6.16 Å². The summed E-state index contributed by atoms with van der Waals surface area (Å²) in [5.41, 5.74) is 5.30. The summed E-state index contributed by atoms with van der Waals surface area (Å²) < 4.78 is 7.98. The summed E-state index contributed by atoms with van der Waals surface area (Å²) in [4.78, 5) is 0. The maximum absolute atomic E-state index is 9.75. The fraction of sp³-hybridized carbons (Fsp3) is 0.226. The Bertz CT molecular complexity index is 1410. The van der Waals surface area contributed by atoms with Crippen LogP contribution in [0.3, 0.4) is 0 Å². The lowest BCUT2D eigenvalue weighted by Gasteiger charge is -2.11. The molecule has 37 heavy (non-hydrogen) atoms. The van der Waals surface area contributed by atoms with Crippen LogP contribution >= 0.6 is 7.92 Å². The third-order valence-electron chi connectivity index (χ3n) is 5.97. The van der Waals surface area contributed by atoms with Gasteiger partial charge in [-0.1, -0.05) is 57.0 Å². The van der Waals surface area contributed by atoms with Crippen molar-refractivity contribution in [2.45, 2.75) is 26.7 Å². The zero-order chi connectivity index (χ0) is 26.9. The van der Waals surface area contributed by atoms with E-state index in [1.54, 1.807) is 18.2 Å². The molecule has 0 aliphatic heterocycles. The van der Waals surface area contributed by atoms with E-state index < -0.39 is 0 Å². The number of hydrogen-bond acceptors (Lipinski definition) is 4. The predicted octanol–water partition coefficient (Wildman–Crippen LogP) is 8.81. The summed E-state index contributed by atoms with van der Waals surface area (Å²) in [6.45, 7) is 21.0. The topological polar surface area (TPSA) is 64.1 Å². The van der Waals surface area contributed by atoms with Crippen molar-refractivity contribution >= 4 is 47.8 Å². The summed E-state index contributed by atoms with van der Waals surface area (Å²) in [7, 11) is 0.402. The molecule has 0 bridgehead atoms. The molecular weight excluding hydrogens is 477 g/mol. The normalized spacial score (nSPS) is 13.8. The molecule has 2 aromatic heterocycles. The minimum atomic E-state index is 0.215. The molecule has 0 atom stereocenters. The number of para-hydroxylation sites is 1. The van der Waals surface area contributed by atoms with Gasteiger partial charge in [-0.05, 0) is 75.7 Å². The Kier molecular flexibility index (Phi) is 9.82. The number of allylic oxidation sites excluding steroid dienone is 8. The van der Waals surface area contributed by atoms with Crippen LogP contribution in [-0.2, 0) is 0 Å². The molecule has 1 N–H and O–H groups in total. The summed E-state index contributed by atoms with van der Waals surface area (Å²) in [5.74, 6) is 0.930. The zero-order valence-corrected chi connectivity index (χ0v) is 23.1. The Labute approximate surface area is 221 Å². The molecule has 4 rings (SSSR count). The Hall–Kier alpha value is -3.69. The number of hydrogen-bond donors (Lipinski definition) is 1. The Balaban J connectivity index is 0.000000695. The number of nitrogens with zero attached hydrogens (tertiary/aromatic N) is 3. The quantitative estimate of drug-likeness (QED) is 0.241. The molecule has 3 aromatic rings. The van der Waals surface area contributed by atoms with Crippen molar-refractivity contribution in [3.05, 3.63) is 103 Å². The van der Waals surface area contributed by atoms with Gasteiger partial charge in [-0.3, -0.25) is 0 Å². The lowest BCUT2D eigenvalue weighted by molar-refractivity contribution is 0.426. The van der Waals surface area contributed by atoms with E-state index in [4.69, 9.17) is 4.42 Å². The van der Waals surface area contributed by atoms with Gasteiger partial charge < -0.3 is 14.1 Å². The van der Waals surface area contributed by atoms with Gasteiger partial charge in [0.05, 0.1) is 11.2 Å². The molecule has 0 radical (unpaired) electrons. The van der Waals surface area contributed by atoms with Gasteiger partial charge in [-0.15, -0.1) is 18.1 Å². The SMILES string of the molecule is C=C/C(=C\C(=C)c1nnc(C2=CC(O)=CCC2)o1)n1c(/C=C\C)c(C=C)c2ccccc21.CCP(C)C. The smallest absolute Gasteiger partial charge is 0.247 e. The van der Waals surface area contributed by atoms with E-state index in [0.29, 0.717) is 25.3 Å². The minimum absolute atomic E-state index is 0.215. The van der Waals surface area contributed by atoms with Gasteiger partial charge in [0.25, 0.3) is 0 Å². The molecule has 0 amide bonds. The molecular formula is C31H36N3O2P. The standard InChI is InChI=1S/C27H25N3O2.C4H11P/c1-5-11-24-22(7-3)23-14-8-9-15-25(23)30(24)20(6-2)16-18(4)26-28-29-27(32-26)19-12-10-13-21(31)17-19;1-4-5(2)3/h5-9,11,13-17,31H,2-4,10,12H2,1H3;4H2,1-3H3/b11-5-,20-16+;. The first kappa shape index (κ1) is 27.9. The first-order valence-electron chi connectivity index (χ1n) is 12.3. The first-order chi connectivity index (χ1) is 17.8. The minimum Gasteiger partial charge on any atom is -0.508 e. The maximum Gasteiger partial charge on any atom is 0.247 e. The third-order valence-corrected chi connectivity index (χ3v) is 7.23. The average molecular weight is 514 g/mol. The number of aliphatic hydroxyl groups is 1. The Morgan fingerprint density at radius 3 is 2.57 bits per heavy atom. The lowest BCUT2D eigenvalue weighted by Crippen LogP contribution is -1.98. The number of rotatable bonds is 8. The fourth-order valence-corrected chi connectivity index (χ4v) is 3.89. The van der Waals surface area contributed by atoms with Crippen LogP contribution in [0, 0.1) is 0 Å². The van der Waals surface area contributed by atoms with Crippen molar-refractivity contribution < 1.29 is 9.52 Å². The van der Waals surface area contributed by atoms with Crippen molar-refractivity contribution in [1.82, 2.24) is 14.8 Å². The molecule has 0 spiro atoms. The number of aromatic nitrogens is 3. The van der Waals surface area contributed by atoms with Gasteiger partial charge in [0.2, 0.25) is 11.8 Å². The monoisotopic (exact) mass is 513 g/mol. The highest BCUT2D eigenvalue weighted by Crippen LogP contribution is 2.33. The van der Waals surface area contributed by atoms with Gasteiger partial charge in [-0.25, -0.2) is 0 Å². The molecule has 192 valence electrons. The van der Waals surface area contributed by atoms with Gasteiger partial charge in [0, 0.05) is 27.8 Å². The van der Waals surface area contributed by atoms with Crippen LogP contribution in [0.15, 0.2) is 84.6 Å². The van der Waals surface area contributed by atoms with Gasteiger partial charge in [-0.2, -0.15) is 0 Å². The van der Waals surface area contributed by atoms with E-state index in [9.17, 15) is 5.11 Å². The van der Waals surface area contributed by atoms with Gasteiger partial charge in [0.15, 0.2) is 0 Å². The molecule has 0 unspecified atom stereocenters. The van der Waals surface area contributed by atoms with E-state index in [0.717, 1.165) is 46.3 Å². The van der Waals surface area contributed by atoms with Crippen molar-refractivity contribution in [2.24, 2.45) is 0 Å². The molecule has 1 aromatic carbocycles. The van der Waals surface area contributed by atoms with Crippen LogP contribution in [-0.4, -0.2) is 39.4 Å². The molecule has 0 saturated heterocycles. The molecule has 1 aliphatic carbocycles. The van der Waals surface area contributed by atoms with E-state index in [-0.39, 0.29) is 5.76 Å². The van der Waals surface area contributed by atoms with Crippen LogP contribution in [0.2, 0.25) is 0 Å². The zero-order valence-electron chi connectivity index (χ0n) is 22.2. The van der Waals surface area contributed by atoms with Crippen LogP contribution in [0.1, 0.15) is 49.7 Å². The van der Waals surface area contributed by atoms with Crippen LogP contribution in [0.4, 0.5) is 0 Å². The van der Waals surface area contributed by atoms with Crippen molar-refractivity contribution in [1.29, 1.82) is 0 Å². The second kappa shape index (κ2) is 13.0. The second-order valence-electron chi connectivity index (χ2n) is 8.80. The third kappa shape index (κ3) is 6.55. The highest BCUT2D eigenvalue weighted by Gasteiger charge is 2.18. The lowest BCUT2D eigenvalue weighted by atomic mass is 10.0. The van der Waals surface area contributed by atoms with Gasteiger partial charge >= 0.3 is 0 Å². The first-order valence-corrected chi connectivity index (χ1v) is 14.8. The van der Waals surface area contributed by atoms with Gasteiger partial charge in [0.1, 0.15) is 5.76 Å². The summed E-state index contributed by atoms with van der Waals surface area (Å²) in [6, 6.07) is 8.17. The molecule has 2 heterocycles. The predicted molar refractivity (Wildman–Crippen MR) is 162 cm³/mol. The van der Waals surface area contributed by atoms with Crippen molar-refractivity contribution in [3.63, 3.8) is 0 Å². The molecule has 5 nitrogen and oxygen atoms in total. The van der Waals surface area contributed by atoms with Crippen molar-refractivity contribution in [2.75, 3.05) is 19.5 Å². The highest BCUT2D eigenvalue weighted by molar-refractivity contribution is 7.55. The largest absolute Gasteiger partial charge is 0.508 e. The molecule has 1 aliphatic rings. The van der Waals surface area contributed by atoms with E-state index in [2.05, 4.69) is 73.0 Å². The molecule has 0 fully saturated rings. The molecule has 6 heteroatoms. The Morgan fingerprint density at radius 2 is 1.95 bits per heavy atom. The van der Waals surface area contributed by atoms with Crippen molar-refractivity contribution in [3.8, 4) is 0 Å². The maximum atomic E-state index is 9.75. The number of fused-ring (bicyclic) bond motifs is 1. The van der Waals surface area contributed by atoms with E-state index >= 15 is 0 Å². The highest BCUT2D eigenvalue weighted by atomic mass is 31.1. The summed E-state index contributed by atoms with van der Waals surface area (Å²) in [6.07, 6.45) is 15.8. The average Bonchev–Trinajstić information content (AvgIpc) is 3.51. The van der Waals surface area contributed by atoms with Crippen LogP contribution in [0.5, 0.6) is 0 Å². The summed E-state index contributed by atoms with van der Waals surface area (Å²) >= 11 is 0. The van der Waals surface area contributed by atoms with E-state index in [1.807, 2.05) is 37.3 Å².